The monoisotopic (exact) mass is 560 g/mol. The van der Waals surface area contributed by atoms with E-state index in [0.717, 1.165) is 55.1 Å². The molecule has 208 valence electrons. The van der Waals surface area contributed by atoms with Crippen LogP contribution in [0.25, 0.3) is 21.8 Å². The van der Waals surface area contributed by atoms with Gasteiger partial charge in [0.25, 0.3) is 0 Å². The van der Waals surface area contributed by atoms with Gasteiger partial charge in [0.15, 0.2) is 12.5 Å². The number of fused-ring (bicyclic) bond motifs is 2. The Labute approximate surface area is 234 Å². The van der Waals surface area contributed by atoms with Crippen molar-refractivity contribution in [2.24, 2.45) is 0 Å². The van der Waals surface area contributed by atoms with Crippen LogP contribution < -0.4 is 0 Å². The number of rotatable bonds is 2. The maximum absolute atomic E-state index is 14.2. The van der Waals surface area contributed by atoms with Gasteiger partial charge in [-0.2, -0.15) is 8.78 Å². The lowest BCUT2D eigenvalue weighted by molar-refractivity contribution is -0.0376. The number of aromatic nitrogens is 4. The van der Waals surface area contributed by atoms with Crippen molar-refractivity contribution in [1.82, 2.24) is 19.6 Å². The summed E-state index contributed by atoms with van der Waals surface area (Å²) in [4.78, 5) is 0. The minimum absolute atomic E-state index is 0.153. The molecule has 40 heavy (non-hydrogen) atoms. The molecule has 0 aliphatic carbocycles. The van der Waals surface area contributed by atoms with Gasteiger partial charge in [-0.25, -0.2) is 9.36 Å². The zero-order chi connectivity index (χ0) is 28.3. The number of benzene rings is 2. The average Bonchev–Trinajstić information content (AvgIpc) is 3.48. The van der Waals surface area contributed by atoms with Crippen molar-refractivity contribution in [1.29, 1.82) is 0 Å². The molecule has 0 spiro atoms. The van der Waals surface area contributed by atoms with Crippen LogP contribution in [0.1, 0.15) is 62.1 Å². The smallest absolute Gasteiger partial charge is 0.240 e. The van der Waals surface area contributed by atoms with E-state index in [1.807, 2.05) is 12.1 Å². The van der Waals surface area contributed by atoms with Gasteiger partial charge in [-0.15, -0.1) is 22.2 Å². The fourth-order valence-electron chi connectivity index (χ4n) is 4.91. The SMILES string of the molecule is C#Cc1ccc2c(c1)c(F)nn2C1CCCCO1.C[Si](C)(C)C#Cc1ccc2c(c1)c(F)nn2C1CCCCO1. The second-order valence-electron chi connectivity index (χ2n) is 11.2. The van der Waals surface area contributed by atoms with E-state index in [2.05, 4.69) is 47.2 Å². The third-order valence-electron chi connectivity index (χ3n) is 6.93. The Morgan fingerprint density at radius 1 is 0.800 bits per heavy atom. The van der Waals surface area contributed by atoms with Crippen molar-refractivity contribution in [3.05, 3.63) is 59.4 Å². The predicted molar refractivity (Wildman–Crippen MR) is 155 cm³/mol. The van der Waals surface area contributed by atoms with Crippen LogP contribution in [0.3, 0.4) is 0 Å². The molecule has 0 N–H and O–H groups in total. The highest BCUT2D eigenvalue weighted by Crippen LogP contribution is 2.29. The van der Waals surface area contributed by atoms with Gasteiger partial charge in [0, 0.05) is 24.3 Å². The topological polar surface area (TPSA) is 54.1 Å². The summed E-state index contributed by atoms with van der Waals surface area (Å²) in [5.41, 5.74) is 6.33. The van der Waals surface area contributed by atoms with Crippen molar-refractivity contribution in [3.63, 3.8) is 0 Å². The molecule has 4 heterocycles. The molecular weight excluding hydrogens is 526 g/mol. The molecule has 2 atom stereocenters. The molecule has 0 radical (unpaired) electrons. The van der Waals surface area contributed by atoms with Crippen molar-refractivity contribution in [2.75, 3.05) is 13.2 Å². The van der Waals surface area contributed by atoms with Crippen LogP contribution in [0.5, 0.6) is 0 Å². The van der Waals surface area contributed by atoms with Crippen molar-refractivity contribution < 1.29 is 18.3 Å². The molecule has 4 aromatic rings. The summed E-state index contributed by atoms with van der Waals surface area (Å²) >= 11 is 0. The highest BCUT2D eigenvalue weighted by molar-refractivity contribution is 6.83. The molecule has 0 amide bonds. The lowest BCUT2D eigenvalue weighted by atomic mass is 10.1. The predicted octanol–water partition coefficient (Wildman–Crippen LogP) is 6.96. The van der Waals surface area contributed by atoms with E-state index in [-0.39, 0.29) is 12.5 Å². The molecule has 2 aromatic carbocycles. The van der Waals surface area contributed by atoms with E-state index in [1.54, 1.807) is 33.6 Å². The quantitative estimate of drug-likeness (QED) is 0.197. The molecule has 2 unspecified atom stereocenters. The summed E-state index contributed by atoms with van der Waals surface area (Å²) in [7, 11) is -1.44. The fourth-order valence-corrected chi connectivity index (χ4v) is 5.43. The van der Waals surface area contributed by atoms with Crippen LogP contribution >= 0.6 is 0 Å². The van der Waals surface area contributed by atoms with E-state index < -0.39 is 20.0 Å². The number of ether oxygens (including phenoxy) is 2. The van der Waals surface area contributed by atoms with E-state index in [0.29, 0.717) is 29.5 Å². The van der Waals surface area contributed by atoms with Crippen LogP contribution in [0, 0.1) is 35.7 Å². The van der Waals surface area contributed by atoms with Crippen LogP contribution in [0.15, 0.2) is 36.4 Å². The highest BCUT2D eigenvalue weighted by atomic mass is 28.3. The van der Waals surface area contributed by atoms with Gasteiger partial charge >= 0.3 is 0 Å². The number of terminal acetylenes is 1. The molecule has 2 fully saturated rings. The summed E-state index contributed by atoms with van der Waals surface area (Å²) in [6.07, 6.45) is 11.0. The summed E-state index contributed by atoms with van der Waals surface area (Å²) in [6, 6.07) is 10.9. The Hall–Kier alpha value is -3.50. The van der Waals surface area contributed by atoms with Gasteiger partial charge in [0.05, 0.1) is 21.8 Å². The second kappa shape index (κ2) is 11.9. The van der Waals surface area contributed by atoms with Gasteiger partial charge in [-0.1, -0.05) is 31.5 Å². The van der Waals surface area contributed by atoms with Crippen LogP contribution in [0.4, 0.5) is 8.78 Å². The van der Waals surface area contributed by atoms with Crippen molar-refractivity contribution in [2.45, 2.75) is 70.6 Å². The molecule has 0 bridgehead atoms. The van der Waals surface area contributed by atoms with E-state index >= 15 is 0 Å². The van der Waals surface area contributed by atoms with Crippen molar-refractivity contribution >= 4 is 29.9 Å². The summed E-state index contributed by atoms with van der Waals surface area (Å²) in [5.74, 6) is 4.74. The van der Waals surface area contributed by atoms with Gasteiger partial charge in [-0.05, 0) is 74.9 Å². The van der Waals surface area contributed by atoms with Gasteiger partial charge in [0.1, 0.15) is 8.07 Å². The largest absolute Gasteiger partial charge is 0.356 e. The first-order valence-corrected chi connectivity index (χ1v) is 17.3. The first-order chi connectivity index (χ1) is 19.2. The molecule has 2 saturated heterocycles. The van der Waals surface area contributed by atoms with E-state index in [9.17, 15) is 8.78 Å². The zero-order valence-corrected chi connectivity index (χ0v) is 24.2. The number of hydrogen-bond acceptors (Lipinski definition) is 4. The summed E-state index contributed by atoms with van der Waals surface area (Å²) < 4.78 is 42.7. The normalized spacial score (nSPS) is 19.4. The lowest BCUT2D eigenvalue weighted by Gasteiger charge is -2.23. The third kappa shape index (κ3) is 6.28. The Morgan fingerprint density at radius 2 is 1.30 bits per heavy atom. The molecule has 6 rings (SSSR count). The Bertz CT molecular complexity index is 1610. The van der Waals surface area contributed by atoms with Gasteiger partial charge in [0.2, 0.25) is 11.9 Å². The molecule has 2 aliphatic rings. The first-order valence-electron chi connectivity index (χ1n) is 13.8. The molecule has 2 aromatic heterocycles. The zero-order valence-electron chi connectivity index (χ0n) is 23.2. The highest BCUT2D eigenvalue weighted by Gasteiger charge is 2.22. The Morgan fingerprint density at radius 3 is 1.75 bits per heavy atom. The average molecular weight is 561 g/mol. The van der Waals surface area contributed by atoms with Crippen LogP contribution in [-0.4, -0.2) is 40.8 Å². The van der Waals surface area contributed by atoms with Crippen LogP contribution in [0.2, 0.25) is 19.6 Å². The number of halogens is 2. The van der Waals surface area contributed by atoms with Crippen LogP contribution in [-0.2, 0) is 9.47 Å². The number of nitrogens with zero attached hydrogens (tertiary/aromatic N) is 4. The van der Waals surface area contributed by atoms with E-state index in [1.165, 1.54) is 0 Å². The molecular formula is C31H34F2N4O2Si. The summed E-state index contributed by atoms with van der Waals surface area (Å²) in [5, 5.41) is 8.98. The standard InChI is InChI=1S/C17H21FN2OSi.C14H13FN2O/c1-22(2,3)11-9-13-7-8-15-14(12-13)17(18)19-20(15)16-6-4-5-10-21-16;1-2-10-6-7-12-11(9-10)14(15)16-17(12)13-5-3-4-8-18-13/h7-8,12,16H,4-6,10H2,1-3H3;1,6-7,9,13H,3-5,8H2. The van der Waals surface area contributed by atoms with Crippen molar-refractivity contribution in [3.8, 4) is 23.8 Å². The molecule has 2 aliphatic heterocycles. The molecule has 0 saturated carbocycles. The molecule has 6 nitrogen and oxygen atoms in total. The summed E-state index contributed by atoms with van der Waals surface area (Å²) in [6.45, 7) is 8.00. The maximum atomic E-state index is 14.2. The van der Waals surface area contributed by atoms with E-state index in [4.69, 9.17) is 15.9 Å². The van der Waals surface area contributed by atoms with Gasteiger partial charge < -0.3 is 9.47 Å². The third-order valence-corrected chi connectivity index (χ3v) is 7.80. The Kier molecular flexibility index (Phi) is 8.37. The minimum Gasteiger partial charge on any atom is -0.356 e. The van der Waals surface area contributed by atoms with Gasteiger partial charge in [-0.3, -0.25) is 0 Å². The maximum Gasteiger partial charge on any atom is 0.240 e. The second-order valence-corrected chi connectivity index (χ2v) is 16.0. The number of hydrogen-bond donors (Lipinski definition) is 0. The first kappa shape index (κ1) is 28.0. The fraction of sp³-hybridized carbons (Fsp3) is 0.419. The minimum atomic E-state index is -1.44. The molecule has 9 heteroatoms. The Balaban J connectivity index is 0.000000164. The lowest BCUT2D eigenvalue weighted by Crippen LogP contribution is -2.19.